The fourth-order valence-electron chi connectivity index (χ4n) is 1.32. The van der Waals surface area contributed by atoms with Gasteiger partial charge in [-0.05, 0) is 25.1 Å². The molecule has 0 aromatic heterocycles. The Morgan fingerprint density at radius 2 is 2.13 bits per heavy atom. The number of Topliss-reactive ketones (excluding diaryl/α,β-unsaturated/α-hetero) is 1. The Bertz CT molecular complexity index is 364. The number of carbonyl (C=O) groups excluding carboxylic acids is 1. The van der Waals surface area contributed by atoms with Crippen LogP contribution in [0, 0.1) is 6.92 Å². The average Bonchev–Trinajstić information content (AvgIpc) is 2.18. The third-order valence-corrected chi connectivity index (χ3v) is 2.21. The van der Waals surface area contributed by atoms with Gasteiger partial charge in [0.2, 0.25) is 0 Å². The van der Waals surface area contributed by atoms with Gasteiger partial charge in [-0.15, -0.1) is 0 Å². The third kappa shape index (κ3) is 2.83. The van der Waals surface area contributed by atoms with E-state index in [2.05, 4.69) is 0 Å². The van der Waals surface area contributed by atoms with Crippen LogP contribution < -0.4 is 5.73 Å². The van der Waals surface area contributed by atoms with Crippen molar-refractivity contribution in [3.63, 3.8) is 0 Å². The summed E-state index contributed by atoms with van der Waals surface area (Å²) in [4.78, 5) is 11.4. The molecule has 0 aliphatic carbocycles. The summed E-state index contributed by atoms with van der Waals surface area (Å²) in [5.74, 6) is -0.195. The molecule has 0 saturated heterocycles. The molecule has 0 spiro atoms. The van der Waals surface area contributed by atoms with E-state index in [9.17, 15) is 13.6 Å². The zero-order valence-corrected chi connectivity index (χ0v) is 8.47. The van der Waals surface area contributed by atoms with Gasteiger partial charge in [0.15, 0.2) is 5.78 Å². The molecule has 0 radical (unpaired) electrons. The maximum atomic E-state index is 12.5. The first kappa shape index (κ1) is 11.8. The van der Waals surface area contributed by atoms with Crippen LogP contribution in [-0.4, -0.2) is 12.3 Å². The van der Waals surface area contributed by atoms with Crippen molar-refractivity contribution in [2.24, 2.45) is 5.73 Å². The molecule has 0 heterocycles. The highest BCUT2D eigenvalue weighted by Gasteiger charge is 2.13. The van der Waals surface area contributed by atoms with E-state index >= 15 is 0 Å². The van der Waals surface area contributed by atoms with Crippen molar-refractivity contribution in [2.45, 2.75) is 19.8 Å². The number of aryl methyl sites for hydroxylation is 1. The Morgan fingerprint density at radius 3 is 2.67 bits per heavy atom. The van der Waals surface area contributed by atoms with Crippen LogP contribution in [0.25, 0.3) is 0 Å². The summed E-state index contributed by atoms with van der Waals surface area (Å²) < 4.78 is 25.0. The second-order valence-corrected chi connectivity index (χ2v) is 3.33. The molecule has 0 saturated carbocycles. The second kappa shape index (κ2) is 4.98. The molecule has 15 heavy (non-hydrogen) atoms. The van der Waals surface area contributed by atoms with Gasteiger partial charge in [-0.25, -0.2) is 8.78 Å². The van der Waals surface area contributed by atoms with Gasteiger partial charge < -0.3 is 5.73 Å². The zero-order chi connectivity index (χ0) is 11.4. The quantitative estimate of drug-likeness (QED) is 0.781. The first-order valence-corrected chi connectivity index (χ1v) is 4.68. The lowest BCUT2D eigenvalue weighted by Crippen LogP contribution is -2.08. The van der Waals surface area contributed by atoms with Crippen molar-refractivity contribution in [1.82, 2.24) is 0 Å². The zero-order valence-electron chi connectivity index (χ0n) is 8.47. The van der Waals surface area contributed by atoms with Crippen molar-refractivity contribution in [3.8, 4) is 0 Å². The molecule has 0 atom stereocenters. The van der Waals surface area contributed by atoms with Crippen molar-refractivity contribution in [2.75, 3.05) is 6.54 Å². The Morgan fingerprint density at radius 1 is 1.47 bits per heavy atom. The molecule has 82 valence electrons. The predicted molar refractivity (Wildman–Crippen MR) is 54.1 cm³/mol. The van der Waals surface area contributed by atoms with Crippen LogP contribution in [0.15, 0.2) is 18.2 Å². The molecule has 0 aliphatic heterocycles. The highest BCUT2D eigenvalue weighted by molar-refractivity contribution is 5.96. The summed E-state index contributed by atoms with van der Waals surface area (Å²) in [6, 6.07) is 4.34. The Labute approximate surface area is 87.1 Å². The van der Waals surface area contributed by atoms with E-state index in [-0.39, 0.29) is 24.3 Å². The van der Waals surface area contributed by atoms with Gasteiger partial charge in [0.1, 0.15) is 0 Å². The second-order valence-electron chi connectivity index (χ2n) is 3.33. The molecule has 2 N–H and O–H groups in total. The fraction of sp³-hybridized carbons (Fsp3) is 0.364. The summed E-state index contributed by atoms with van der Waals surface area (Å²) in [7, 11) is 0. The first-order valence-electron chi connectivity index (χ1n) is 4.68. The van der Waals surface area contributed by atoms with Gasteiger partial charge in [0.05, 0.1) is 0 Å². The lowest BCUT2D eigenvalue weighted by Gasteiger charge is -2.06. The summed E-state index contributed by atoms with van der Waals surface area (Å²) in [5, 5.41) is 0. The Kier molecular flexibility index (Phi) is 3.91. The average molecular weight is 213 g/mol. The Hall–Kier alpha value is -1.29. The molecule has 0 fully saturated rings. The standard InChI is InChI=1S/C11H13F2NO/c1-7-2-3-8(10(15)4-5-14)6-9(7)11(12)13/h2-3,6,11H,4-5,14H2,1H3. The Balaban J connectivity index is 3.02. The normalized spacial score (nSPS) is 10.7. The smallest absolute Gasteiger partial charge is 0.264 e. The molecule has 0 amide bonds. The van der Waals surface area contributed by atoms with E-state index in [4.69, 9.17) is 5.73 Å². The van der Waals surface area contributed by atoms with Crippen molar-refractivity contribution in [3.05, 3.63) is 34.9 Å². The molecule has 0 bridgehead atoms. The molecule has 0 aliphatic rings. The van der Waals surface area contributed by atoms with Gasteiger partial charge in [-0.1, -0.05) is 12.1 Å². The molecule has 0 unspecified atom stereocenters. The van der Waals surface area contributed by atoms with E-state index in [0.29, 0.717) is 11.1 Å². The van der Waals surface area contributed by atoms with E-state index in [1.165, 1.54) is 12.1 Å². The first-order chi connectivity index (χ1) is 7.06. The minimum absolute atomic E-state index is 0.0853. The number of carbonyl (C=O) groups is 1. The minimum Gasteiger partial charge on any atom is -0.330 e. The number of hydrogen-bond donors (Lipinski definition) is 1. The third-order valence-electron chi connectivity index (χ3n) is 2.21. The van der Waals surface area contributed by atoms with E-state index < -0.39 is 6.43 Å². The van der Waals surface area contributed by atoms with E-state index in [0.717, 1.165) is 0 Å². The van der Waals surface area contributed by atoms with Crippen LogP contribution in [-0.2, 0) is 0 Å². The number of ketones is 1. The summed E-state index contributed by atoms with van der Waals surface area (Å²) in [6.07, 6.45) is -2.36. The molecule has 1 aromatic rings. The highest BCUT2D eigenvalue weighted by atomic mass is 19.3. The van der Waals surface area contributed by atoms with Crippen LogP contribution in [0.5, 0.6) is 0 Å². The number of alkyl halides is 2. The lowest BCUT2D eigenvalue weighted by atomic mass is 10.0. The fourth-order valence-corrected chi connectivity index (χ4v) is 1.32. The number of nitrogens with two attached hydrogens (primary N) is 1. The molecular formula is C11H13F2NO. The van der Waals surface area contributed by atoms with Gasteiger partial charge in [-0.2, -0.15) is 0 Å². The molecule has 4 heteroatoms. The van der Waals surface area contributed by atoms with Crippen LogP contribution >= 0.6 is 0 Å². The van der Waals surface area contributed by atoms with Crippen LogP contribution in [0.1, 0.15) is 34.3 Å². The van der Waals surface area contributed by atoms with Gasteiger partial charge in [0.25, 0.3) is 6.43 Å². The summed E-state index contributed by atoms with van der Waals surface area (Å²) in [6.45, 7) is 1.83. The van der Waals surface area contributed by atoms with Crippen molar-refractivity contribution in [1.29, 1.82) is 0 Å². The predicted octanol–water partition coefficient (Wildman–Crippen LogP) is 2.46. The largest absolute Gasteiger partial charge is 0.330 e. The van der Waals surface area contributed by atoms with Crippen molar-refractivity contribution < 1.29 is 13.6 Å². The van der Waals surface area contributed by atoms with Crippen molar-refractivity contribution >= 4 is 5.78 Å². The van der Waals surface area contributed by atoms with Gasteiger partial charge >= 0.3 is 0 Å². The van der Waals surface area contributed by atoms with Gasteiger partial charge in [-0.3, -0.25) is 4.79 Å². The van der Waals surface area contributed by atoms with Crippen LogP contribution in [0.4, 0.5) is 8.78 Å². The maximum Gasteiger partial charge on any atom is 0.264 e. The molecule has 1 aromatic carbocycles. The van der Waals surface area contributed by atoms with E-state index in [1.54, 1.807) is 13.0 Å². The number of hydrogen-bond acceptors (Lipinski definition) is 2. The monoisotopic (exact) mass is 213 g/mol. The molecular weight excluding hydrogens is 200 g/mol. The topological polar surface area (TPSA) is 43.1 Å². The van der Waals surface area contributed by atoms with E-state index in [1.807, 2.05) is 0 Å². The number of rotatable bonds is 4. The summed E-state index contributed by atoms with van der Waals surface area (Å²) >= 11 is 0. The number of halogens is 2. The maximum absolute atomic E-state index is 12.5. The minimum atomic E-state index is -2.55. The number of benzene rings is 1. The molecule has 2 nitrogen and oxygen atoms in total. The summed E-state index contributed by atoms with van der Waals surface area (Å²) in [5.41, 5.74) is 5.94. The molecule has 1 rings (SSSR count). The highest BCUT2D eigenvalue weighted by Crippen LogP contribution is 2.23. The van der Waals surface area contributed by atoms with Gasteiger partial charge in [0, 0.05) is 17.5 Å². The van der Waals surface area contributed by atoms with Crippen LogP contribution in [0.2, 0.25) is 0 Å². The SMILES string of the molecule is Cc1ccc(C(=O)CCN)cc1C(F)F. The lowest BCUT2D eigenvalue weighted by molar-refractivity contribution is 0.0985. The van der Waals surface area contributed by atoms with Crippen LogP contribution in [0.3, 0.4) is 0 Å².